The van der Waals surface area contributed by atoms with Crippen LogP contribution in [0.5, 0.6) is 17.2 Å². The molecule has 2 aromatic heterocycles. The van der Waals surface area contributed by atoms with Crippen LogP contribution in [0.2, 0.25) is 5.02 Å². The van der Waals surface area contributed by atoms with Crippen LogP contribution in [0.1, 0.15) is 0 Å². The first-order valence-electron chi connectivity index (χ1n) is 16.1. The Morgan fingerprint density at radius 3 is 2.22 bits per heavy atom. The third-order valence-electron chi connectivity index (χ3n) is 8.58. The Morgan fingerprint density at radius 2 is 1.53 bits per heavy atom. The van der Waals surface area contributed by atoms with Gasteiger partial charge >= 0.3 is 0 Å². The minimum absolute atomic E-state index is 0.0730. The summed E-state index contributed by atoms with van der Waals surface area (Å²) < 4.78 is 33.4. The van der Waals surface area contributed by atoms with Crippen LogP contribution in [-0.4, -0.2) is 88.8 Å². The molecular weight excluding hydrogens is 693 g/mol. The van der Waals surface area contributed by atoms with Gasteiger partial charge in [0.1, 0.15) is 5.82 Å². The third kappa shape index (κ3) is 6.86. The van der Waals surface area contributed by atoms with Gasteiger partial charge in [-0.2, -0.15) is 0 Å². The quantitative estimate of drug-likeness (QED) is 0.140. The number of piperazine rings is 1. The van der Waals surface area contributed by atoms with E-state index >= 15 is 4.39 Å². The molecule has 0 spiro atoms. The van der Waals surface area contributed by atoms with E-state index in [0.29, 0.717) is 70.9 Å². The van der Waals surface area contributed by atoms with E-state index in [-0.39, 0.29) is 17.3 Å². The molecule has 1 aliphatic rings. The highest BCUT2D eigenvalue weighted by Gasteiger charge is 2.26. The lowest BCUT2D eigenvalue weighted by Crippen LogP contribution is -2.49. The third-order valence-corrected chi connectivity index (χ3v) is 9.73. The largest absolute Gasteiger partial charge is 0.493 e. The van der Waals surface area contributed by atoms with E-state index in [1.54, 1.807) is 34.9 Å². The first-order valence-corrected chi connectivity index (χ1v) is 17.4. The Morgan fingerprint density at radius 1 is 0.824 bits per heavy atom. The summed E-state index contributed by atoms with van der Waals surface area (Å²) in [5.74, 6) is 1.71. The molecule has 0 atom stereocenters. The van der Waals surface area contributed by atoms with Crippen molar-refractivity contribution in [1.29, 1.82) is 0 Å². The molecule has 0 saturated carbocycles. The number of hydrogen-bond acceptors (Lipinski definition) is 10. The van der Waals surface area contributed by atoms with E-state index in [9.17, 15) is 4.79 Å². The number of carbonyl (C=O) groups is 1. The number of ether oxygens (including phenoxy) is 3. The molecular formula is C37H33ClFN7O4S. The molecule has 6 aromatic rings. The van der Waals surface area contributed by atoms with Crippen LogP contribution in [0.15, 0.2) is 90.1 Å². The first-order chi connectivity index (χ1) is 24.9. The van der Waals surface area contributed by atoms with Gasteiger partial charge in [-0.15, -0.1) is 10.2 Å². The number of fused-ring (bicyclic) bond motifs is 1. The van der Waals surface area contributed by atoms with Crippen molar-refractivity contribution in [3.63, 3.8) is 0 Å². The zero-order chi connectivity index (χ0) is 35.5. The number of aromatic nitrogens is 5. The Kier molecular flexibility index (Phi) is 9.91. The van der Waals surface area contributed by atoms with Crippen LogP contribution in [0.3, 0.4) is 0 Å². The summed E-state index contributed by atoms with van der Waals surface area (Å²) in [4.78, 5) is 27.3. The Hall–Kier alpha value is -5.40. The highest BCUT2D eigenvalue weighted by Crippen LogP contribution is 2.42. The van der Waals surface area contributed by atoms with Gasteiger partial charge in [0, 0.05) is 47.7 Å². The van der Waals surface area contributed by atoms with Crippen LogP contribution >= 0.6 is 23.4 Å². The molecule has 0 aliphatic carbocycles. The van der Waals surface area contributed by atoms with E-state index < -0.39 is 5.82 Å². The molecule has 1 saturated heterocycles. The minimum Gasteiger partial charge on any atom is -0.493 e. The summed E-state index contributed by atoms with van der Waals surface area (Å²) >= 11 is 7.53. The van der Waals surface area contributed by atoms with Gasteiger partial charge in [0.2, 0.25) is 17.6 Å². The van der Waals surface area contributed by atoms with E-state index in [1.807, 2.05) is 53.4 Å². The number of halogens is 2. The monoisotopic (exact) mass is 725 g/mol. The number of nitrogens with zero attached hydrogens (tertiary/aromatic N) is 7. The summed E-state index contributed by atoms with van der Waals surface area (Å²) in [6.07, 6.45) is 0. The lowest BCUT2D eigenvalue weighted by Gasteiger charge is -2.35. The number of benzene rings is 4. The number of hydrogen-bond donors (Lipinski definition) is 0. The fraction of sp³-hybridized carbons (Fsp3) is 0.216. The van der Waals surface area contributed by atoms with E-state index in [0.717, 1.165) is 22.2 Å². The number of thioether (sulfide) groups is 1. The SMILES string of the molecule is COc1cc(-c2nnc(SCC(=O)N3CCN(c4nc(-c5ccccc5)c5cc(Cl)ccc5n4)CC3)n2-c2ccccc2F)cc(OC)c1OC. The van der Waals surface area contributed by atoms with Crippen molar-refractivity contribution >= 4 is 46.1 Å². The predicted molar refractivity (Wildman–Crippen MR) is 196 cm³/mol. The Bertz CT molecular complexity index is 2190. The van der Waals surface area contributed by atoms with Gasteiger partial charge in [-0.25, -0.2) is 14.4 Å². The van der Waals surface area contributed by atoms with E-state index in [1.165, 1.54) is 39.2 Å². The number of para-hydroxylation sites is 1. The molecule has 0 N–H and O–H groups in total. The van der Waals surface area contributed by atoms with Gasteiger partial charge in [-0.05, 0) is 42.5 Å². The standard InChI is InChI=1S/C37H33ClFN7O4S/c1-48-30-19-24(20-31(49-2)34(30)50-3)35-42-43-37(46(35)29-12-8-7-11-27(29)39)51-22-32(47)44-15-17-45(18-16-44)36-40-28-14-13-25(38)21-26(28)33(41-36)23-9-5-4-6-10-23/h4-14,19-21H,15-18,22H2,1-3H3. The van der Waals surface area contributed by atoms with Gasteiger partial charge in [0.25, 0.3) is 0 Å². The van der Waals surface area contributed by atoms with Gasteiger partial charge in [0.15, 0.2) is 22.5 Å². The summed E-state index contributed by atoms with van der Waals surface area (Å²) in [5, 5.41) is 10.7. The van der Waals surface area contributed by atoms with Gasteiger partial charge < -0.3 is 24.0 Å². The average Bonchev–Trinajstić information content (AvgIpc) is 3.60. The van der Waals surface area contributed by atoms with Crippen LogP contribution < -0.4 is 19.1 Å². The Labute approximate surface area is 303 Å². The maximum absolute atomic E-state index is 15.3. The van der Waals surface area contributed by atoms with Crippen molar-refractivity contribution in [3.8, 4) is 45.6 Å². The fourth-order valence-corrected chi connectivity index (χ4v) is 7.05. The first kappa shape index (κ1) is 34.1. The molecule has 0 radical (unpaired) electrons. The van der Waals surface area contributed by atoms with Crippen molar-refractivity contribution in [2.75, 3.05) is 58.2 Å². The number of anilines is 1. The number of amides is 1. The average molecular weight is 726 g/mol. The minimum atomic E-state index is -0.468. The van der Waals surface area contributed by atoms with Crippen LogP contribution in [-0.2, 0) is 4.79 Å². The molecule has 7 rings (SSSR count). The molecule has 51 heavy (non-hydrogen) atoms. The zero-order valence-electron chi connectivity index (χ0n) is 28.0. The van der Waals surface area contributed by atoms with Crippen molar-refractivity contribution in [1.82, 2.24) is 29.6 Å². The van der Waals surface area contributed by atoms with Crippen molar-refractivity contribution in [2.24, 2.45) is 0 Å². The molecule has 0 bridgehead atoms. The van der Waals surface area contributed by atoms with Crippen LogP contribution in [0, 0.1) is 5.82 Å². The number of rotatable bonds is 10. The zero-order valence-corrected chi connectivity index (χ0v) is 29.6. The number of carbonyl (C=O) groups excluding carboxylic acids is 1. The van der Waals surface area contributed by atoms with Crippen molar-refractivity contribution < 1.29 is 23.4 Å². The van der Waals surface area contributed by atoms with Gasteiger partial charge in [0.05, 0.1) is 44.0 Å². The second-order valence-electron chi connectivity index (χ2n) is 11.6. The lowest BCUT2D eigenvalue weighted by molar-refractivity contribution is -0.128. The molecule has 1 fully saturated rings. The summed E-state index contributed by atoms with van der Waals surface area (Å²) in [6.45, 7) is 2.08. The molecule has 11 nitrogen and oxygen atoms in total. The van der Waals surface area contributed by atoms with E-state index in [2.05, 4.69) is 15.1 Å². The highest BCUT2D eigenvalue weighted by molar-refractivity contribution is 7.99. The molecule has 260 valence electrons. The number of methoxy groups -OCH3 is 3. The lowest BCUT2D eigenvalue weighted by atomic mass is 10.1. The van der Waals surface area contributed by atoms with Gasteiger partial charge in [-0.1, -0.05) is 65.8 Å². The van der Waals surface area contributed by atoms with Crippen LogP contribution in [0.25, 0.3) is 39.2 Å². The highest BCUT2D eigenvalue weighted by atomic mass is 35.5. The maximum atomic E-state index is 15.3. The molecule has 14 heteroatoms. The topological polar surface area (TPSA) is 108 Å². The second kappa shape index (κ2) is 14.8. The molecule has 4 aromatic carbocycles. The summed E-state index contributed by atoms with van der Waals surface area (Å²) in [5.41, 5.74) is 3.36. The maximum Gasteiger partial charge on any atom is 0.233 e. The van der Waals surface area contributed by atoms with Crippen molar-refractivity contribution in [2.45, 2.75) is 5.16 Å². The predicted octanol–water partition coefficient (Wildman–Crippen LogP) is 6.80. The van der Waals surface area contributed by atoms with Crippen LogP contribution in [0.4, 0.5) is 10.3 Å². The summed E-state index contributed by atoms with van der Waals surface area (Å²) in [7, 11) is 4.55. The normalized spacial score (nSPS) is 13.0. The molecule has 0 unspecified atom stereocenters. The molecule has 1 aliphatic heterocycles. The molecule has 3 heterocycles. The second-order valence-corrected chi connectivity index (χ2v) is 12.9. The summed E-state index contributed by atoms with van der Waals surface area (Å²) in [6, 6.07) is 25.3. The van der Waals surface area contributed by atoms with Crippen molar-refractivity contribution in [3.05, 3.63) is 95.8 Å². The Balaban J connectivity index is 1.10. The van der Waals surface area contributed by atoms with E-state index in [4.69, 9.17) is 35.8 Å². The van der Waals surface area contributed by atoms with Gasteiger partial charge in [-0.3, -0.25) is 9.36 Å². The fourth-order valence-electron chi connectivity index (χ4n) is 6.03. The molecule has 1 amide bonds. The smallest absolute Gasteiger partial charge is 0.233 e.